The van der Waals surface area contributed by atoms with Gasteiger partial charge in [-0.3, -0.25) is 14.9 Å². The van der Waals surface area contributed by atoms with Gasteiger partial charge in [0.2, 0.25) is 5.91 Å². The van der Waals surface area contributed by atoms with Crippen molar-refractivity contribution in [1.82, 2.24) is 0 Å². The fourth-order valence-electron chi connectivity index (χ4n) is 1.58. The number of primary amides is 1. The summed E-state index contributed by atoms with van der Waals surface area (Å²) in [6, 6.07) is 2.27. The summed E-state index contributed by atoms with van der Waals surface area (Å²) in [5.74, 6) is -1.91. The molecule has 1 aliphatic heterocycles. The molecule has 0 saturated carbocycles. The highest BCUT2D eigenvalue weighted by Gasteiger charge is 2.25. The smallest absolute Gasteiger partial charge is 0.428 e. The first-order valence-corrected chi connectivity index (χ1v) is 4.60. The monoisotopic (exact) mass is 238 g/mol. The van der Waals surface area contributed by atoms with E-state index in [4.69, 9.17) is 10.5 Å². The fraction of sp³-hybridized carbons (Fsp3) is 0.100. The number of carbonyl (C=O) groups is 1. The number of nitrogens with two attached hydrogens (primary N) is 1. The van der Waals surface area contributed by atoms with Crippen LogP contribution in [-0.2, 0) is 11.3 Å². The van der Waals surface area contributed by atoms with Crippen molar-refractivity contribution in [1.29, 1.82) is 0 Å². The van der Waals surface area contributed by atoms with Crippen molar-refractivity contribution in [2.75, 3.05) is 0 Å². The maximum Gasteiger partial charge on any atom is 0.428 e. The van der Waals surface area contributed by atoms with Gasteiger partial charge in [0.1, 0.15) is 17.3 Å². The third-order valence-electron chi connectivity index (χ3n) is 2.38. The highest BCUT2D eigenvalue weighted by atomic mass is 19.1. The molecule has 0 fully saturated rings. The molecule has 1 aromatic carbocycles. The Hall–Kier alpha value is -2.44. The van der Waals surface area contributed by atoms with Gasteiger partial charge in [-0.2, -0.15) is 0 Å². The van der Waals surface area contributed by atoms with Gasteiger partial charge in [-0.05, 0) is 12.1 Å². The topological polar surface area (TPSA) is 95.5 Å². The molecule has 0 saturated heterocycles. The van der Waals surface area contributed by atoms with Crippen LogP contribution in [0.25, 0.3) is 6.08 Å². The minimum absolute atomic E-state index is 0.0315. The Morgan fingerprint density at radius 1 is 1.53 bits per heavy atom. The number of rotatable bonds is 2. The second-order valence-electron chi connectivity index (χ2n) is 3.38. The van der Waals surface area contributed by atoms with Crippen molar-refractivity contribution in [2.45, 2.75) is 6.61 Å². The number of hydrogen-bond donors (Lipinski definition) is 1. The number of ether oxygens (including phenoxy) is 1. The maximum atomic E-state index is 13.4. The van der Waals surface area contributed by atoms with Crippen LogP contribution in [0.15, 0.2) is 18.0 Å². The first-order chi connectivity index (χ1) is 8.00. The minimum Gasteiger partial charge on any atom is -0.436 e. The van der Waals surface area contributed by atoms with Crippen molar-refractivity contribution in [3.8, 4) is 0 Å². The molecule has 1 amide bonds. The van der Waals surface area contributed by atoms with Crippen LogP contribution in [0.1, 0.15) is 21.5 Å². The van der Waals surface area contributed by atoms with E-state index in [1.165, 1.54) is 6.07 Å². The molecule has 0 spiro atoms. The molecule has 17 heavy (non-hydrogen) atoms. The lowest BCUT2D eigenvalue weighted by Crippen LogP contribution is -2.18. The molecule has 0 aromatic heterocycles. The van der Waals surface area contributed by atoms with E-state index in [1.54, 1.807) is 0 Å². The van der Waals surface area contributed by atoms with Crippen LogP contribution in [0.3, 0.4) is 0 Å². The summed E-state index contributed by atoms with van der Waals surface area (Å²) in [6.45, 7) is -0.297. The van der Waals surface area contributed by atoms with Gasteiger partial charge in [0, 0.05) is 16.7 Å². The predicted molar refractivity (Wildman–Crippen MR) is 54.7 cm³/mol. The molecule has 0 unspecified atom stereocenters. The van der Waals surface area contributed by atoms with E-state index in [-0.39, 0.29) is 23.3 Å². The standard InChI is InChI=1S/C10H7FN2O4/c11-8-2-1-5(10(12)14)6-3-9(13(15)16)17-4-7(6)8/h1-3H,4H2,(H2,12,14). The van der Waals surface area contributed by atoms with Crippen LogP contribution in [0.2, 0.25) is 0 Å². The zero-order valence-corrected chi connectivity index (χ0v) is 8.47. The average molecular weight is 238 g/mol. The molecule has 0 atom stereocenters. The molecular weight excluding hydrogens is 231 g/mol. The molecule has 88 valence electrons. The summed E-state index contributed by atoms with van der Waals surface area (Å²) in [7, 11) is 0. The Labute approximate surface area is 94.6 Å². The number of nitrogens with zero attached hydrogens (tertiary/aromatic N) is 1. The zero-order chi connectivity index (χ0) is 12.6. The van der Waals surface area contributed by atoms with Crippen LogP contribution < -0.4 is 5.73 Å². The molecular formula is C10H7FN2O4. The number of amides is 1. The lowest BCUT2D eigenvalue weighted by atomic mass is 9.99. The molecule has 1 heterocycles. The van der Waals surface area contributed by atoms with Crippen LogP contribution >= 0.6 is 0 Å². The zero-order valence-electron chi connectivity index (χ0n) is 8.47. The number of hydrogen-bond acceptors (Lipinski definition) is 4. The highest BCUT2D eigenvalue weighted by molar-refractivity contribution is 5.97. The van der Waals surface area contributed by atoms with E-state index < -0.39 is 22.5 Å². The third-order valence-corrected chi connectivity index (χ3v) is 2.38. The second-order valence-corrected chi connectivity index (χ2v) is 3.38. The van der Waals surface area contributed by atoms with Crippen LogP contribution in [0.5, 0.6) is 0 Å². The van der Waals surface area contributed by atoms with Gasteiger partial charge in [0.15, 0.2) is 0 Å². The molecule has 0 radical (unpaired) electrons. The summed E-state index contributed by atoms with van der Waals surface area (Å²) >= 11 is 0. The highest BCUT2D eigenvalue weighted by Crippen LogP contribution is 2.27. The molecule has 2 N–H and O–H groups in total. The minimum atomic E-state index is -0.776. The molecule has 7 heteroatoms. The lowest BCUT2D eigenvalue weighted by Gasteiger charge is -2.15. The summed E-state index contributed by atoms with van der Waals surface area (Å²) < 4.78 is 18.2. The Morgan fingerprint density at radius 3 is 2.82 bits per heavy atom. The Balaban J connectivity index is 2.66. The van der Waals surface area contributed by atoms with Crippen molar-refractivity contribution in [2.24, 2.45) is 5.73 Å². The first-order valence-electron chi connectivity index (χ1n) is 4.60. The average Bonchev–Trinajstić information content (AvgIpc) is 2.28. The quantitative estimate of drug-likeness (QED) is 0.614. The fourth-order valence-corrected chi connectivity index (χ4v) is 1.58. The van der Waals surface area contributed by atoms with Crippen LogP contribution in [0.4, 0.5) is 4.39 Å². The number of nitro groups is 1. The van der Waals surface area contributed by atoms with Gasteiger partial charge in [-0.1, -0.05) is 0 Å². The second kappa shape index (κ2) is 3.85. The van der Waals surface area contributed by atoms with Gasteiger partial charge < -0.3 is 10.5 Å². The van der Waals surface area contributed by atoms with E-state index in [0.29, 0.717) is 0 Å². The van der Waals surface area contributed by atoms with E-state index >= 15 is 0 Å². The summed E-state index contributed by atoms with van der Waals surface area (Å²) in [5.41, 5.74) is 5.34. The Morgan fingerprint density at radius 2 is 2.24 bits per heavy atom. The largest absolute Gasteiger partial charge is 0.436 e. The lowest BCUT2D eigenvalue weighted by molar-refractivity contribution is -0.463. The predicted octanol–water partition coefficient (Wildman–Crippen LogP) is 1.03. The van der Waals surface area contributed by atoms with Crippen molar-refractivity contribution in [3.05, 3.63) is 50.6 Å². The van der Waals surface area contributed by atoms with E-state index in [9.17, 15) is 19.3 Å². The van der Waals surface area contributed by atoms with Crippen molar-refractivity contribution < 1.29 is 18.8 Å². The van der Waals surface area contributed by atoms with Gasteiger partial charge in [0.25, 0.3) is 0 Å². The first kappa shape index (κ1) is 11.1. The van der Waals surface area contributed by atoms with Crippen molar-refractivity contribution >= 4 is 12.0 Å². The van der Waals surface area contributed by atoms with Crippen LogP contribution in [0, 0.1) is 15.9 Å². The number of halogens is 1. The molecule has 1 aromatic rings. The molecule has 2 rings (SSSR count). The Kier molecular flexibility index (Phi) is 2.51. The van der Waals surface area contributed by atoms with E-state index in [2.05, 4.69) is 0 Å². The Bertz CT molecular complexity index is 553. The summed E-state index contributed by atoms with van der Waals surface area (Å²) in [4.78, 5) is 20.9. The molecule has 6 nitrogen and oxygen atoms in total. The van der Waals surface area contributed by atoms with Crippen molar-refractivity contribution in [3.63, 3.8) is 0 Å². The number of fused-ring (bicyclic) bond motifs is 1. The third kappa shape index (κ3) is 1.82. The van der Waals surface area contributed by atoms with Gasteiger partial charge >= 0.3 is 5.88 Å². The van der Waals surface area contributed by atoms with Gasteiger partial charge in [-0.15, -0.1) is 0 Å². The summed E-state index contributed by atoms with van der Waals surface area (Å²) in [5, 5.41) is 10.5. The van der Waals surface area contributed by atoms with Gasteiger partial charge in [-0.25, -0.2) is 4.39 Å². The van der Waals surface area contributed by atoms with E-state index in [1.807, 2.05) is 0 Å². The van der Waals surface area contributed by atoms with E-state index in [0.717, 1.165) is 12.1 Å². The van der Waals surface area contributed by atoms with Crippen LogP contribution in [-0.4, -0.2) is 10.8 Å². The maximum absolute atomic E-state index is 13.4. The van der Waals surface area contributed by atoms with Gasteiger partial charge in [0.05, 0.1) is 6.08 Å². The molecule has 1 aliphatic rings. The SMILES string of the molecule is NC(=O)c1ccc(F)c2c1C=C([N+](=O)[O-])OC2. The number of benzene rings is 1. The molecule has 0 aliphatic carbocycles. The molecule has 0 bridgehead atoms. The number of carbonyl (C=O) groups excluding carboxylic acids is 1. The normalized spacial score (nSPS) is 13.4. The summed E-state index contributed by atoms with van der Waals surface area (Å²) in [6.07, 6.45) is 1.00.